The van der Waals surface area contributed by atoms with Crippen molar-refractivity contribution in [1.82, 2.24) is 0 Å². The molecule has 1 aromatic carbocycles. The fourth-order valence-corrected chi connectivity index (χ4v) is 1.11. The standard InChI is InChI=1S/C10H12ClFO2/c1-13-10-7-8(12)3-4-9(10)14-6-2-5-11/h3-4,7H,2,5-6H2,1H3. The average Bonchev–Trinajstić information content (AvgIpc) is 2.20. The zero-order chi connectivity index (χ0) is 10.4. The van der Waals surface area contributed by atoms with Crippen molar-refractivity contribution in [3.05, 3.63) is 24.0 Å². The van der Waals surface area contributed by atoms with Crippen molar-refractivity contribution in [3.8, 4) is 11.5 Å². The Morgan fingerprint density at radius 2 is 2.14 bits per heavy atom. The lowest BCUT2D eigenvalue weighted by Gasteiger charge is -2.09. The third kappa shape index (κ3) is 3.07. The monoisotopic (exact) mass is 218 g/mol. The van der Waals surface area contributed by atoms with Crippen molar-refractivity contribution < 1.29 is 13.9 Å². The van der Waals surface area contributed by atoms with Gasteiger partial charge in [-0.1, -0.05) is 0 Å². The predicted octanol–water partition coefficient (Wildman–Crippen LogP) is 2.84. The van der Waals surface area contributed by atoms with Crippen LogP contribution in [0.25, 0.3) is 0 Å². The molecule has 0 saturated heterocycles. The van der Waals surface area contributed by atoms with Crippen LogP contribution in [0, 0.1) is 5.82 Å². The summed E-state index contributed by atoms with van der Waals surface area (Å²) in [7, 11) is 1.48. The highest BCUT2D eigenvalue weighted by atomic mass is 35.5. The third-order valence-electron chi connectivity index (χ3n) is 1.66. The molecule has 0 aromatic heterocycles. The molecule has 4 heteroatoms. The second-order valence-electron chi connectivity index (χ2n) is 2.69. The van der Waals surface area contributed by atoms with Crippen molar-refractivity contribution in [2.45, 2.75) is 6.42 Å². The molecule has 0 saturated carbocycles. The molecule has 1 aromatic rings. The molecule has 0 aliphatic rings. The molecule has 0 radical (unpaired) electrons. The first-order valence-corrected chi connectivity index (χ1v) is 4.83. The van der Waals surface area contributed by atoms with Gasteiger partial charge in [0.1, 0.15) is 5.82 Å². The Morgan fingerprint density at radius 1 is 1.36 bits per heavy atom. The molecular formula is C10H12ClFO2. The molecule has 0 N–H and O–H groups in total. The molecule has 1 rings (SSSR count). The van der Waals surface area contributed by atoms with E-state index in [1.807, 2.05) is 0 Å². The Bertz CT molecular complexity index is 291. The van der Waals surface area contributed by atoms with E-state index in [0.717, 1.165) is 6.42 Å². The second kappa shape index (κ2) is 5.70. The largest absolute Gasteiger partial charge is 0.493 e. The second-order valence-corrected chi connectivity index (χ2v) is 3.06. The van der Waals surface area contributed by atoms with E-state index in [4.69, 9.17) is 21.1 Å². The number of hydrogen-bond acceptors (Lipinski definition) is 2. The van der Waals surface area contributed by atoms with Crippen LogP contribution in [0.5, 0.6) is 11.5 Å². The van der Waals surface area contributed by atoms with Gasteiger partial charge in [-0.25, -0.2) is 4.39 Å². The Kier molecular flexibility index (Phi) is 4.53. The van der Waals surface area contributed by atoms with Gasteiger partial charge in [-0.05, 0) is 18.6 Å². The van der Waals surface area contributed by atoms with Gasteiger partial charge in [0.05, 0.1) is 13.7 Å². The molecule has 0 aliphatic carbocycles. The zero-order valence-electron chi connectivity index (χ0n) is 7.93. The predicted molar refractivity (Wildman–Crippen MR) is 53.8 cm³/mol. The van der Waals surface area contributed by atoms with Gasteiger partial charge in [-0.2, -0.15) is 0 Å². The lowest BCUT2D eigenvalue weighted by molar-refractivity contribution is 0.294. The molecule has 0 heterocycles. The van der Waals surface area contributed by atoms with Gasteiger partial charge in [-0.3, -0.25) is 0 Å². The van der Waals surface area contributed by atoms with Crippen LogP contribution >= 0.6 is 11.6 Å². The number of halogens is 2. The number of hydrogen-bond donors (Lipinski definition) is 0. The van der Waals surface area contributed by atoms with Gasteiger partial charge >= 0.3 is 0 Å². The Balaban J connectivity index is 2.65. The Morgan fingerprint density at radius 3 is 2.79 bits per heavy atom. The Labute approximate surface area is 87.6 Å². The SMILES string of the molecule is COc1cc(F)ccc1OCCCCl. The topological polar surface area (TPSA) is 18.5 Å². The summed E-state index contributed by atoms with van der Waals surface area (Å²) in [6.07, 6.45) is 0.752. The number of methoxy groups -OCH3 is 1. The highest BCUT2D eigenvalue weighted by Gasteiger charge is 2.04. The maximum atomic E-state index is 12.8. The first-order valence-electron chi connectivity index (χ1n) is 4.30. The van der Waals surface area contributed by atoms with Gasteiger partial charge in [0.15, 0.2) is 11.5 Å². The smallest absolute Gasteiger partial charge is 0.163 e. The summed E-state index contributed by atoms with van der Waals surface area (Å²) in [6, 6.07) is 4.16. The van der Waals surface area contributed by atoms with E-state index >= 15 is 0 Å². The molecule has 14 heavy (non-hydrogen) atoms. The first-order chi connectivity index (χ1) is 6.77. The van der Waals surface area contributed by atoms with Gasteiger partial charge in [-0.15, -0.1) is 11.6 Å². The summed E-state index contributed by atoms with van der Waals surface area (Å²) in [5.74, 6) is 1.15. The molecule has 0 aliphatic heterocycles. The van der Waals surface area contributed by atoms with E-state index in [0.29, 0.717) is 24.0 Å². The molecule has 0 spiro atoms. The number of alkyl halides is 1. The molecule has 0 amide bonds. The van der Waals surface area contributed by atoms with Gasteiger partial charge in [0.2, 0.25) is 0 Å². The highest BCUT2D eigenvalue weighted by Crippen LogP contribution is 2.27. The van der Waals surface area contributed by atoms with E-state index in [2.05, 4.69) is 0 Å². The van der Waals surface area contributed by atoms with Crippen LogP contribution in [0.2, 0.25) is 0 Å². The summed E-state index contributed by atoms with van der Waals surface area (Å²) in [5, 5.41) is 0. The molecule has 0 fully saturated rings. The van der Waals surface area contributed by atoms with E-state index in [9.17, 15) is 4.39 Å². The van der Waals surface area contributed by atoms with Gasteiger partial charge in [0.25, 0.3) is 0 Å². The van der Waals surface area contributed by atoms with Crippen LogP contribution in [0.3, 0.4) is 0 Å². The van der Waals surface area contributed by atoms with Crippen LogP contribution in [-0.4, -0.2) is 19.6 Å². The van der Waals surface area contributed by atoms with Crippen LogP contribution in [0.15, 0.2) is 18.2 Å². The molecular weight excluding hydrogens is 207 g/mol. The van der Waals surface area contributed by atoms with Crippen LogP contribution < -0.4 is 9.47 Å². The third-order valence-corrected chi connectivity index (χ3v) is 1.93. The maximum Gasteiger partial charge on any atom is 0.163 e. The summed E-state index contributed by atoms with van der Waals surface area (Å²) < 4.78 is 23.1. The summed E-state index contributed by atoms with van der Waals surface area (Å²) in [5.41, 5.74) is 0. The summed E-state index contributed by atoms with van der Waals surface area (Å²) in [6.45, 7) is 0.505. The molecule has 78 valence electrons. The minimum Gasteiger partial charge on any atom is -0.493 e. The highest BCUT2D eigenvalue weighted by molar-refractivity contribution is 6.17. The quantitative estimate of drug-likeness (QED) is 0.559. The van der Waals surface area contributed by atoms with Crippen molar-refractivity contribution >= 4 is 11.6 Å². The fourth-order valence-electron chi connectivity index (χ4n) is 0.997. The van der Waals surface area contributed by atoms with Crippen molar-refractivity contribution in [3.63, 3.8) is 0 Å². The van der Waals surface area contributed by atoms with Crippen molar-refractivity contribution in [1.29, 1.82) is 0 Å². The summed E-state index contributed by atoms with van der Waals surface area (Å²) in [4.78, 5) is 0. The van der Waals surface area contributed by atoms with E-state index in [-0.39, 0.29) is 5.82 Å². The number of ether oxygens (including phenoxy) is 2. The minimum absolute atomic E-state index is 0.341. The summed E-state index contributed by atoms with van der Waals surface area (Å²) >= 11 is 5.50. The van der Waals surface area contributed by atoms with Crippen LogP contribution in [0.4, 0.5) is 4.39 Å². The molecule has 0 bridgehead atoms. The lowest BCUT2D eigenvalue weighted by atomic mass is 10.3. The lowest BCUT2D eigenvalue weighted by Crippen LogP contribution is -1.99. The Hall–Kier alpha value is -0.960. The van der Waals surface area contributed by atoms with Crippen LogP contribution in [0.1, 0.15) is 6.42 Å². The average molecular weight is 219 g/mol. The van der Waals surface area contributed by atoms with Crippen molar-refractivity contribution in [2.24, 2.45) is 0 Å². The van der Waals surface area contributed by atoms with Crippen LogP contribution in [-0.2, 0) is 0 Å². The number of benzene rings is 1. The van der Waals surface area contributed by atoms with E-state index in [1.54, 1.807) is 6.07 Å². The fraction of sp³-hybridized carbons (Fsp3) is 0.400. The van der Waals surface area contributed by atoms with Crippen molar-refractivity contribution in [2.75, 3.05) is 19.6 Å². The minimum atomic E-state index is -0.341. The van der Waals surface area contributed by atoms with E-state index in [1.165, 1.54) is 19.2 Å². The number of rotatable bonds is 5. The molecule has 0 atom stereocenters. The normalized spacial score (nSPS) is 9.93. The first kappa shape index (κ1) is 11.1. The molecule has 0 unspecified atom stereocenters. The van der Waals surface area contributed by atoms with Gasteiger partial charge in [0, 0.05) is 11.9 Å². The van der Waals surface area contributed by atoms with Gasteiger partial charge < -0.3 is 9.47 Å². The molecule has 2 nitrogen and oxygen atoms in total. The maximum absolute atomic E-state index is 12.8. The zero-order valence-corrected chi connectivity index (χ0v) is 8.68. The van der Waals surface area contributed by atoms with E-state index < -0.39 is 0 Å².